The van der Waals surface area contributed by atoms with Crippen LogP contribution in [0.3, 0.4) is 0 Å². The van der Waals surface area contributed by atoms with E-state index in [4.69, 9.17) is 14.7 Å². The van der Waals surface area contributed by atoms with E-state index in [0.29, 0.717) is 36.6 Å². The molecule has 2 saturated heterocycles. The normalized spacial score (nSPS) is 29.7. The Morgan fingerprint density at radius 1 is 1.13 bits per heavy atom. The lowest BCUT2D eigenvalue weighted by Crippen LogP contribution is -2.59. The average molecular weight is 316 g/mol. The first-order valence-corrected chi connectivity index (χ1v) is 9.05. The highest BCUT2D eigenvalue weighted by Gasteiger charge is 2.43. The van der Waals surface area contributed by atoms with Gasteiger partial charge in [0.2, 0.25) is 0 Å². The van der Waals surface area contributed by atoms with E-state index in [1.165, 1.54) is 24.1 Å². The van der Waals surface area contributed by atoms with Gasteiger partial charge in [-0.2, -0.15) is 0 Å². The van der Waals surface area contributed by atoms with Crippen LogP contribution in [0.4, 0.5) is 5.82 Å². The Morgan fingerprint density at radius 2 is 1.96 bits per heavy atom. The largest absolute Gasteiger partial charge is 0.374 e. The molecule has 3 atom stereocenters. The summed E-state index contributed by atoms with van der Waals surface area (Å²) in [6.45, 7) is 11.3. The number of anilines is 1. The lowest BCUT2D eigenvalue weighted by Gasteiger charge is -2.41. The lowest BCUT2D eigenvalue weighted by molar-refractivity contribution is 0.0998. The van der Waals surface area contributed by atoms with Crippen molar-refractivity contribution in [3.8, 4) is 0 Å². The maximum atomic E-state index is 6.07. The van der Waals surface area contributed by atoms with Crippen LogP contribution in [-0.2, 0) is 11.3 Å². The smallest absolute Gasteiger partial charge is 0.138 e. The minimum Gasteiger partial charge on any atom is -0.374 e. The molecule has 3 aliphatic heterocycles. The SMILES string of the molecule is CC(C)c1nc(C(C)C)c2c(n1)N1C[C@@H]3CCC(N3)C1COC2. The number of nitrogens with one attached hydrogen (secondary N) is 1. The molecule has 1 aromatic heterocycles. The van der Waals surface area contributed by atoms with E-state index < -0.39 is 0 Å². The molecule has 5 heteroatoms. The molecule has 1 aromatic rings. The summed E-state index contributed by atoms with van der Waals surface area (Å²) in [5.74, 6) is 2.86. The van der Waals surface area contributed by atoms with Gasteiger partial charge in [-0.25, -0.2) is 9.97 Å². The van der Waals surface area contributed by atoms with E-state index >= 15 is 0 Å². The fourth-order valence-electron chi connectivity index (χ4n) is 4.24. The number of rotatable bonds is 2. The first kappa shape index (κ1) is 15.3. The molecule has 2 bridgehead atoms. The van der Waals surface area contributed by atoms with Crippen LogP contribution < -0.4 is 10.2 Å². The molecule has 0 saturated carbocycles. The predicted molar refractivity (Wildman–Crippen MR) is 90.9 cm³/mol. The summed E-state index contributed by atoms with van der Waals surface area (Å²) < 4.78 is 6.07. The second kappa shape index (κ2) is 5.71. The van der Waals surface area contributed by atoms with Gasteiger partial charge in [-0.3, -0.25) is 0 Å². The number of piperazine rings is 1. The molecule has 2 fully saturated rings. The Hall–Kier alpha value is -1.20. The van der Waals surface area contributed by atoms with E-state index in [1.54, 1.807) is 0 Å². The third-order valence-corrected chi connectivity index (χ3v) is 5.46. The molecule has 0 aliphatic carbocycles. The Bertz CT molecular complexity index is 601. The predicted octanol–water partition coefficient (Wildman–Crippen LogP) is 2.56. The summed E-state index contributed by atoms with van der Waals surface area (Å²) in [5.41, 5.74) is 2.39. The molecule has 23 heavy (non-hydrogen) atoms. The molecule has 2 unspecified atom stereocenters. The van der Waals surface area contributed by atoms with Crippen molar-refractivity contribution in [3.05, 3.63) is 17.1 Å². The highest BCUT2D eigenvalue weighted by Crippen LogP contribution is 2.36. The number of ether oxygens (including phenoxy) is 1. The molecular formula is C18H28N4O. The van der Waals surface area contributed by atoms with Gasteiger partial charge in [0.05, 0.1) is 24.9 Å². The van der Waals surface area contributed by atoms with Gasteiger partial charge in [0, 0.05) is 30.1 Å². The number of hydrogen-bond donors (Lipinski definition) is 1. The molecule has 126 valence electrons. The Balaban J connectivity index is 1.84. The highest BCUT2D eigenvalue weighted by molar-refractivity contribution is 5.53. The van der Waals surface area contributed by atoms with Crippen LogP contribution in [-0.4, -0.2) is 41.2 Å². The zero-order chi connectivity index (χ0) is 16.1. The zero-order valence-corrected chi connectivity index (χ0v) is 14.7. The van der Waals surface area contributed by atoms with Gasteiger partial charge in [0.15, 0.2) is 0 Å². The number of aromatic nitrogens is 2. The van der Waals surface area contributed by atoms with Crippen molar-refractivity contribution in [3.63, 3.8) is 0 Å². The number of nitrogens with zero attached hydrogens (tertiary/aromatic N) is 3. The molecule has 1 N–H and O–H groups in total. The van der Waals surface area contributed by atoms with Crippen LogP contribution in [0.2, 0.25) is 0 Å². The molecule has 0 aromatic carbocycles. The summed E-state index contributed by atoms with van der Waals surface area (Å²) in [7, 11) is 0. The summed E-state index contributed by atoms with van der Waals surface area (Å²) in [5, 5.41) is 3.76. The van der Waals surface area contributed by atoms with Crippen molar-refractivity contribution in [2.75, 3.05) is 18.1 Å². The number of hydrogen-bond acceptors (Lipinski definition) is 5. The van der Waals surface area contributed by atoms with Crippen LogP contribution in [0.5, 0.6) is 0 Å². The lowest BCUT2D eigenvalue weighted by atomic mass is 10.0. The fraction of sp³-hybridized carbons (Fsp3) is 0.778. The van der Waals surface area contributed by atoms with Crippen LogP contribution in [0, 0.1) is 0 Å². The van der Waals surface area contributed by atoms with Crippen LogP contribution in [0.25, 0.3) is 0 Å². The minimum atomic E-state index is 0.347. The van der Waals surface area contributed by atoms with Crippen LogP contribution in [0.15, 0.2) is 0 Å². The summed E-state index contributed by atoms with van der Waals surface area (Å²) in [6, 6.07) is 1.55. The van der Waals surface area contributed by atoms with E-state index in [2.05, 4.69) is 37.9 Å². The van der Waals surface area contributed by atoms with Gasteiger partial charge >= 0.3 is 0 Å². The second-order valence-electron chi connectivity index (χ2n) is 7.86. The fourth-order valence-corrected chi connectivity index (χ4v) is 4.24. The molecule has 4 rings (SSSR count). The molecular weight excluding hydrogens is 288 g/mol. The van der Waals surface area contributed by atoms with E-state index in [-0.39, 0.29) is 0 Å². The quantitative estimate of drug-likeness (QED) is 0.909. The van der Waals surface area contributed by atoms with Crippen molar-refractivity contribution >= 4 is 5.82 Å². The third-order valence-electron chi connectivity index (χ3n) is 5.46. The Morgan fingerprint density at radius 3 is 2.70 bits per heavy atom. The van der Waals surface area contributed by atoms with Crippen LogP contribution >= 0.6 is 0 Å². The van der Waals surface area contributed by atoms with Crippen molar-refractivity contribution in [2.45, 2.75) is 77.1 Å². The summed E-state index contributed by atoms with van der Waals surface area (Å²) in [6.07, 6.45) is 2.52. The topological polar surface area (TPSA) is 50.3 Å². The molecule has 5 nitrogen and oxygen atoms in total. The second-order valence-corrected chi connectivity index (χ2v) is 7.86. The number of fused-ring (bicyclic) bond motifs is 6. The van der Waals surface area contributed by atoms with Crippen molar-refractivity contribution in [1.82, 2.24) is 15.3 Å². The summed E-state index contributed by atoms with van der Waals surface area (Å²) in [4.78, 5) is 12.4. The van der Waals surface area contributed by atoms with Gasteiger partial charge in [-0.15, -0.1) is 0 Å². The average Bonchev–Trinajstić information content (AvgIpc) is 2.80. The zero-order valence-electron chi connectivity index (χ0n) is 14.7. The van der Waals surface area contributed by atoms with Gasteiger partial charge in [0.1, 0.15) is 11.6 Å². The molecule has 3 aliphatic rings. The standard InChI is InChI=1S/C18H28N4O/c1-10(2)16-13-8-23-9-15-14-6-5-12(19-14)7-22(15)18(13)21-17(20-16)11(3)4/h10-12,14-15,19H,5-9H2,1-4H3/t12-,14?,15?/m0/s1. The van der Waals surface area contributed by atoms with Crippen molar-refractivity contribution < 1.29 is 4.74 Å². The first-order chi connectivity index (χ1) is 11.0. The monoisotopic (exact) mass is 316 g/mol. The van der Waals surface area contributed by atoms with Crippen molar-refractivity contribution in [2.24, 2.45) is 0 Å². The Labute approximate surface area is 138 Å². The highest BCUT2D eigenvalue weighted by atomic mass is 16.5. The van der Waals surface area contributed by atoms with E-state index in [9.17, 15) is 0 Å². The minimum absolute atomic E-state index is 0.347. The summed E-state index contributed by atoms with van der Waals surface area (Å²) >= 11 is 0. The molecule has 0 amide bonds. The van der Waals surface area contributed by atoms with E-state index in [0.717, 1.165) is 24.8 Å². The van der Waals surface area contributed by atoms with Gasteiger partial charge in [0.25, 0.3) is 0 Å². The van der Waals surface area contributed by atoms with Gasteiger partial charge < -0.3 is 15.0 Å². The van der Waals surface area contributed by atoms with Gasteiger partial charge in [-0.1, -0.05) is 27.7 Å². The third kappa shape index (κ3) is 2.54. The van der Waals surface area contributed by atoms with Crippen molar-refractivity contribution in [1.29, 1.82) is 0 Å². The van der Waals surface area contributed by atoms with E-state index in [1.807, 2.05) is 0 Å². The Kier molecular flexibility index (Phi) is 3.81. The molecule has 4 heterocycles. The van der Waals surface area contributed by atoms with Gasteiger partial charge in [-0.05, 0) is 18.8 Å². The maximum Gasteiger partial charge on any atom is 0.138 e. The molecule has 0 spiro atoms. The van der Waals surface area contributed by atoms with Crippen LogP contribution in [0.1, 0.15) is 69.5 Å². The molecule has 0 radical (unpaired) electrons. The maximum absolute atomic E-state index is 6.07. The first-order valence-electron chi connectivity index (χ1n) is 9.05.